The Morgan fingerprint density at radius 3 is 2.02 bits per heavy atom. The number of carboxylic acid groups (broad SMARTS) is 1. The van der Waals surface area contributed by atoms with Crippen molar-refractivity contribution in [3.63, 3.8) is 0 Å². The minimum Gasteiger partial charge on any atom is -0.481 e. The number of hydrogen-bond acceptors (Lipinski definition) is 8. The first kappa shape index (κ1) is 41.1. The molecule has 0 saturated heterocycles. The second-order valence-corrected chi connectivity index (χ2v) is 18.7. The Labute approximate surface area is 306 Å². The zero-order valence-corrected chi connectivity index (χ0v) is 32.4. The predicted molar refractivity (Wildman–Crippen MR) is 198 cm³/mol. The lowest BCUT2D eigenvalue weighted by Crippen LogP contribution is -2.28. The molecule has 284 valence electrons. The monoisotopic (exact) mass is 779 g/mol. The van der Waals surface area contributed by atoms with Crippen molar-refractivity contribution in [3.8, 4) is 0 Å². The molecule has 0 radical (unpaired) electrons. The van der Waals surface area contributed by atoms with Gasteiger partial charge in [0.2, 0.25) is 5.69 Å². The number of carboxylic acids is 1. The molecule has 0 unspecified atom stereocenters. The summed E-state index contributed by atoms with van der Waals surface area (Å²) < 4.78 is 101. The van der Waals surface area contributed by atoms with Crippen LogP contribution >= 0.6 is 0 Å². The molecule has 0 amide bonds. The van der Waals surface area contributed by atoms with E-state index >= 15 is 0 Å². The lowest BCUT2D eigenvalue weighted by atomic mass is 9.81. The molecule has 4 rings (SSSR count). The lowest BCUT2D eigenvalue weighted by Gasteiger charge is -2.27. The van der Waals surface area contributed by atoms with E-state index in [1.165, 1.54) is 24.3 Å². The van der Waals surface area contributed by atoms with Crippen molar-refractivity contribution in [2.45, 2.75) is 93.8 Å². The summed E-state index contributed by atoms with van der Waals surface area (Å²) in [5.41, 5.74) is 4.02. The zero-order chi connectivity index (χ0) is 38.9. The Kier molecular flexibility index (Phi) is 12.1. The lowest BCUT2D eigenvalue weighted by molar-refractivity contribution is -0.438. The van der Waals surface area contributed by atoms with Crippen LogP contribution in [0.25, 0.3) is 0 Å². The van der Waals surface area contributed by atoms with Gasteiger partial charge in [-0.15, -0.1) is 0 Å². The second kappa shape index (κ2) is 15.4. The molecular formula is C36H47N2O11S3+. The number of aliphatic carboxylic acids is 1. The molecule has 2 aromatic carbocycles. The number of anilines is 1. The van der Waals surface area contributed by atoms with E-state index in [1.807, 2.05) is 63.8 Å². The van der Waals surface area contributed by atoms with Crippen LogP contribution in [0.5, 0.6) is 0 Å². The van der Waals surface area contributed by atoms with Crippen LogP contribution in [0, 0.1) is 0 Å². The molecule has 0 saturated carbocycles. The largest absolute Gasteiger partial charge is 0.481 e. The highest BCUT2D eigenvalue weighted by Crippen LogP contribution is 2.48. The summed E-state index contributed by atoms with van der Waals surface area (Å²) in [7, 11) is -13.0. The molecule has 0 atom stereocenters. The van der Waals surface area contributed by atoms with E-state index in [-0.39, 0.29) is 22.6 Å². The third kappa shape index (κ3) is 9.46. The average molecular weight is 780 g/mol. The molecule has 16 heteroatoms. The van der Waals surface area contributed by atoms with Crippen molar-refractivity contribution >= 4 is 53.4 Å². The molecule has 13 nitrogen and oxygen atoms in total. The van der Waals surface area contributed by atoms with E-state index in [9.17, 15) is 43.7 Å². The SMILES string of the molecule is CC(C=CC1=[N+](CCCCCC(=O)O)c2ccc(S(=O)(=O)O)cc2C1(C)C)=CC=C1N(CCCCS(=O)(=O)O)c2ccc(S(=O)(=O)O)cc2C1(C)C. The van der Waals surface area contributed by atoms with Crippen molar-refractivity contribution in [1.29, 1.82) is 0 Å². The fourth-order valence-electron chi connectivity index (χ4n) is 6.87. The van der Waals surface area contributed by atoms with Gasteiger partial charge in [0, 0.05) is 53.9 Å². The first-order chi connectivity index (χ1) is 23.9. The maximum atomic E-state index is 12.0. The molecule has 2 aliphatic rings. The number of rotatable bonds is 16. The molecule has 0 aromatic heterocycles. The van der Waals surface area contributed by atoms with Gasteiger partial charge in [-0.3, -0.25) is 18.5 Å². The molecule has 4 N–H and O–H groups in total. The number of fused-ring (bicyclic) bond motifs is 2. The minimum atomic E-state index is -4.47. The highest BCUT2D eigenvalue weighted by atomic mass is 32.2. The van der Waals surface area contributed by atoms with Crippen LogP contribution in [0.15, 0.2) is 81.8 Å². The normalized spacial score (nSPS) is 18.0. The van der Waals surface area contributed by atoms with Crippen LogP contribution in [0.4, 0.5) is 11.4 Å². The number of nitrogens with zero attached hydrogens (tertiary/aromatic N) is 2. The average Bonchev–Trinajstić information content (AvgIpc) is 3.36. The highest BCUT2D eigenvalue weighted by molar-refractivity contribution is 7.86. The van der Waals surface area contributed by atoms with Gasteiger partial charge < -0.3 is 10.0 Å². The summed E-state index contributed by atoms with van der Waals surface area (Å²) in [5.74, 6) is -1.25. The fourth-order valence-corrected chi connectivity index (χ4v) is 8.45. The second-order valence-electron chi connectivity index (χ2n) is 14.2. The van der Waals surface area contributed by atoms with Gasteiger partial charge in [0.05, 0.1) is 21.0 Å². The van der Waals surface area contributed by atoms with Crippen LogP contribution < -0.4 is 4.90 Å². The van der Waals surface area contributed by atoms with E-state index in [1.54, 1.807) is 12.1 Å². The van der Waals surface area contributed by atoms with Crippen molar-refractivity contribution in [1.82, 2.24) is 0 Å². The number of benzene rings is 2. The van der Waals surface area contributed by atoms with Gasteiger partial charge >= 0.3 is 5.97 Å². The first-order valence-electron chi connectivity index (χ1n) is 16.9. The molecule has 0 bridgehead atoms. The number of carbonyl (C=O) groups is 1. The smallest absolute Gasteiger partial charge is 0.303 e. The maximum absolute atomic E-state index is 12.0. The summed E-state index contributed by atoms with van der Waals surface area (Å²) >= 11 is 0. The number of hydrogen-bond donors (Lipinski definition) is 4. The van der Waals surface area contributed by atoms with Gasteiger partial charge in [-0.25, -0.2) is 0 Å². The predicted octanol–water partition coefficient (Wildman–Crippen LogP) is 6.05. The van der Waals surface area contributed by atoms with Crippen molar-refractivity contribution in [2.24, 2.45) is 0 Å². The molecule has 0 fully saturated rings. The topological polar surface area (TPSA) is 207 Å². The molecule has 2 aliphatic heterocycles. The van der Waals surface area contributed by atoms with Crippen molar-refractivity contribution in [2.75, 3.05) is 23.7 Å². The molecule has 52 heavy (non-hydrogen) atoms. The van der Waals surface area contributed by atoms with Crippen molar-refractivity contribution in [3.05, 3.63) is 83.1 Å². The Balaban J connectivity index is 1.71. The van der Waals surface area contributed by atoms with E-state index in [0.717, 1.165) is 28.2 Å². The van der Waals surface area contributed by atoms with Gasteiger partial charge in [0.1, 0.15) is 6.54 Å². The van der Waals surface area contributed by atoms with Crippen LogP contribution in [0.1, 0.15) is 84.3 Å². The van der Waals surface area contributed by atoms with E-state index in [2.05, 4.69) is 4.58 Å². The van der Waals surface area contributed by atoms with Gasteiger partial charge in [0.25, 0.3) is 30.4 Å². The Hall–Kier alpha value is -3.67. The standard InChI is InChI=1S/C36H46N2O11S3/c1-25(12-18-32-35(2,3)28-23-26(51(44,45)46)14-16-30(28)37(32)20-8-6-7-11-34(39)40)13-19-33-36(4,5)29-24-27(52(47,48)49)15-17-31(29)38(33)21-9-10-22-50(41,42)43/h12-19,23-24H,6-11,20-22H2,1-5H3,(H3-,39,40,41,42,43,44,45,46,47,48,49)/p+1. The molecule has 2 aromatic rings. The van der Waals surface area contributed by atoms with Gasteiger partial charge in [0.15, 0.2) is 5.71 Å². The maximum Gasteiger partial charge on any atom is 0.303 e. The third-order valence-corrected chi connectivity index (χ3v) is 12.1. The summed E-state index contributed by atoms with van der Waals surface area (Å²) in [6.07, 6.45) is 10.3. The van der Waals surface area contributed by atoms with Crippen LogP contribution in [-0.2, 0) is 46.0 Å². The fraction of sp³-hybridized carbons (Fsp3) is 0.444. The van der Waals surface area contributed by atoms with E-state index in [4.69, 9.17) is 5.11 Å². The summed E-state index contributed by atoms with van der Waals surface area (Å²) in [5, 5.41) is 9.03. The van der Waals surface area contributed by atoms with Gasteiger partial charge in [-0.05, 0) is 88.4 Å². The Morgan fingerprint density at radius 1 is 0.808 bits per heavy atom. The Bertz CT molecular complexity index is 2200. The quantitative estimate of drug-likeness (QED) is 0.0665. The number of unbranched alkanes of at least 4 members (excludes halogenated alkanes) is 3. The van der Waals surface area contributed by atoms with Gasteiger partial charge in [-0.1, -0.05) is 31.6 Å². The highest BCUT2D eigenvalue weighted by Gasteiger charge is 2.45. The summed E-state index contributed by atoms with van der Waals surface area (Å²) in [4.78, 5) is 12.5. The van der Waals surface area contributed by atoms with Crippen LogP contribution in [0.3, 0.4) is 0 Å². The Morgan fingerprint density at radius 2 is 1.42 bits per heavy atom. The van der Waals surface area contributed by atoms with Crippen LogP contribution in [0.2, 0.25) is 0 Å². The minimum absolute atomic E-state index is 0.0708. The third-order valence-electron chi connectivity index (χ3n) is 9.64. The van der Waals surface area contributed by atoms with E-state index < -0.39 is 52.9 Å². The summed E-state index contributed by atoms with van der Waals surface area (Å²) in [6.45, 7) is 10.6. The van der Waals surface area contributed by atoms with Gasteiger partial charge in [-0.2, -0.15) is 29.8 Å². The molecule has 0 spiro atoms. The van der Waals surface area contributed by atoms with Crippen molar-refractivity contribution < 1.29 is 53.4 Å². The number of allylic oxidation sites excluding steroid dienone is 6. The first-order valence-corrected chi connectivity index (χ1v) is 21.3. The molecule has 0 aliphatic carbocycles. The summed E-state index contributed by atoms with van der Waals surface area (Å²) in [6, 6.07) is 8.88. The molecule has 2 heterocycles. The van der Waals surface area contributed by atoms with E-state index in [0.29, 0.717) is 50.0 Å². The van der Waals surface area contributed by atoms with Crippen LogP contribution in [-0.4, -0.2) is 79.1 Å². The zero-order valence-electron chi connectivity index (χ0n) is 29.9. The molecular weight excluding hydrogens is 733 g/mol.